The molecule has 1 saturated carbocycles. The van der Waals surface area contributed by atoms with Gasteiger partial charge < -0.3 is 15.7 Å². The van der Waals surface area contributed by atoms with E-state index < -0.39 is 11.6 Å². The van der Waals surface area contributed by atoms with E-state index in [-0.39, 0.29) is 17.6 Å². The van der Waals surface area contributed by atoms with Gasteiger partial charge in [-0.1, -0.05) is 31.4 Å². The second-order valence-electron chi connectivity index (χ2n) is 7.34. The highest BCUT2D eigenvalue weighted by molar-refractivity contribution is 5.86. The average Bonchev–Trinajstić information content (AvgIpc) is 2.62. The molecule has 2 aliphatic rings. The summed E-state index contributed by atoms with van der Waals surface area (Å²) in [5, 5.41) is 10.5. The number of likely N-dealkylation sites (tertiary alicyclic amines) is 1. The molecule has 1 atom stereocenters. The Bertz CT molecular complexity index is 561. The maximum absolute atomic E-state index is 13.0. The molecule has 1 aliphatic heterocycles. The Kier molecular flexibility index (Phi) is 5.21. The third-order valence-corrected chi connectivity index (χ3v) is 5.66. The molecular weight excluding hydrogens is 307 g/mol. The number of rotatable bonds is 3. The highest BCUT2D eigenvalue weighted by Crippen LogP contribution is 2.33. The van der Waals surface area contributed by atoms with Gasteiger partial charge in [0.2, 0.25) is 5.91 Å². The number of piperidine rings is 1. The normalized spacial score (nSPS) is 23.0. The van der Waals surface area contributed by atoms with Crippen LogP contribution in [0.1, 0.15) is 56.6 Å². The van der Waals surface area contributed by atoms with Crippen molar-refractivity contribution in [3.05, 3.63) is 35.6 Å². The van der Waals surface area contributed by atoms with Crippen LogP contribution < -0.4 is 5.73 Å². The van der Waals surface area contributed by atoms with Crippen molar-refractivity contribution in [2.45, 2.75) is 56.6 Å². The quantitative estimate of drug-likeness (QED) is 0.893. The van der Waals surface area contributed by atoms with Crippen LogP contribution >= 0.6 is 0 Å². The lowest BCUT2D eigenvalue weighted by Gasteiger charge is -2.40. The first-order chi connectivity index (χ1) is 11.5. The van der Waals surface area contributed by atoms with Gasteiger partial charge in [0, 0.05) is 13.1 Å². The van der Waals surface area contributed by atoms with Crippen LogP contribution in [-0.4, -0.2) is 34.5 Å². The van der Waals surface area contributed by atoms with Crippen LogP contribution in [0.25, 0.3) is 0 Å². The van der Waals surface area contributed by atoms with Crippen LogP contribution in [0, 0.1) is 11.7 Å². The van der Waals surface area contributed by atoms with Gasteiger partial charge in [0.25, 0.3) is 0 Å². The van der Waals surface area contributed by atoms with Crippen molar-refractivity contribution < 1.29 is 14.3 Å². The number of amides is 1. The van der Waals surface area contributed by atoms with Crippen LogP contribution in [0.15, 0.2) is 24.3 Å². The fourth-order valence-corrected chi connectivity index (χ4v) is 4.06. The first kappa shape index (κ1) is 17.4. The summed E-state index contributed by atoms with van der Waals surface area (Å²) in [7, 11) is 0. The van der Waals surface area contributed by atoms with Crippen molar-refractivity contribution >= 4 is 5.91 Å². The number of aliphatic hydroxyl groups excluding tert-OH is 1. The van der Waals surface area contributed by atoms with Crippen molar-refractivity contribution in [2.24, 2.45) is 11.7 Å². The van der Waals surface area contributed by atoms with Gasteiger partial charge in [0.05, 0.1) is 11.6 Å². The minimum absolute atomic E-state index is 0.0805. The van der Waals surface area contributed by atoms with E-state index in [4.69, 9.17) is 5.73 Å². The molecule has 1 aromatic carbocycles. The molecule has 5 heteroatoms. The van der Waals surface area contributed by atoms with Crippen LogP contribution in [-0.2, 0) is 4.79 Å². The number of nitrogens with zero attached hydrogens (tertiary/aromatic N) is 1. The summed E-state index contributed by atoms with van der Waals surface area (Å²) < 4.78 is 13.0. The van der Waals surface area contributed by atoms with Crippen LogP contribution in [0.2, 0.25) is 0 Å². The lowest BCUT2D eigenvalue weighted by molar-refractivity contribution is -0.140. The SMILES string of the molecule is NC1(C(=O)N2CCC(C(O)c3ccc(F)cc3)CC2)CCCCC1. The smallest absolute Gasteiger partial charge is 0.242 e. The summed E-state index contributed by atoms with van der Waals surface area (Å²) >= 11 is 0. The van der Waals surface area contributed by atoms with Crippen molar-refractivity contribution in [3.8, 4) is 0 Å². The van der Waals surface area contributed by atoms with E-state index in [1.54, 1.807) is 12.1 Å². The van der Waals surface area contributed by atoms with E-state index >= 15 is 0 Å². The second kappa shape index (κ2) is 7.19. The summed E-state index contributed by atoms with van der Waals surface area (Å²) in [6.45, 7) is 1.28. The largest absolute Gasteiger partial charge is 0.388 e. The van der Waals surface area contributed by atoms with E-state index in [0.717, 1.165) is 50.5 Å². The van der Waals surface area contributed by atoms with Gasteiger partial charge in [-0.2, -0.15) is 0 Å². The summed E-state index contributed by atoms with van der Waals surface area (Å²) in [6, 6.07) is 6.01. The first-order valence-electron chi connectivity index (χ1n) is 9.01. The molecule has 132 valence electrons. The minimum atomic E-state index is -0.680. The van der Waals surface area contributed by atoms with Crippen LogP contribution in [0.4, 0.5) is 4.39 Å². The van der Waals surface area contributed by atoms with Crippen molar-refractivity contribution in [3.63, 3.8) is 0 Å². The van der Waals surface area contributed by atoms with Gasteiger partial charge in [0.15, 0.2) is 0 Å². The number of hydrogen-bond donors (Lipinski definition) is 2. The Labute approximate surface area is 142 Å². The molecule has 1 heterocycles. The van der Waals surface area contributed by atoms with Gasteiger partial charge in [0.1, 0.15) is 5.82 Å². The third-order valence-electron chi connectivity index (χ3n) is 5.66. The van der Waals surface area contributed by atoms with Gasteiger partial charge in [-0.05, 0) is 49.3 Å². The Morgan fingerprint density at radius 3 is 2.33 bits per heavy atom. The summed E-state index contributed by atoms with van der Waals surface area (Å²) in [5.41, 5.74) is 6.42. The molecule has 0 radical (unpaired) electrons. The topological polar surface area (TPSA) is 66.6 Å². The minimum Gasteiger partial charge on any atom is -0.388 e. The summed E-state index contributed by atoms with van der Waals surface area (Å²) in [5.74, 6) is -0.122. The predicted molar refractivity (Wildman–Crippen MR) is 90.7 cm³/mol. The lowest BCUT2D eigenvalue weighted by atomic mass is 9.80. The standard InChI is InChI=1S/C19H27FN2O2/c20-16-6-4-14(5-7-16)17(23)15-8-12-22(13-9-15)18(24)19(21)10-2-1-3-11-19/h4-7,15,17,23H,1-3,8-13,21H2. The summed E-state index contributed by atoms with van der Waals surface area (Å²) in [4.78, 5) is 14.6. The maximum Gasteiger partial charge on any atom is 0.242 e. The van der Waals surface area contributed by atoms with Crippen molar-refractivity contribution in [1.29, 1.82) is 0 Å². The summed E-state index contributed by atoms with van der Waals surface area (Å²) in [6.07, 6.45) is 5.68. The lowest BCUT2D eigenvalue weighted by Crippen LogP contribution is -2.57. The monoisotopic (exact) mass is 334 g/mol. The van der Waals surface area contributed by atoms with E-state index in [9.17, 15) is 14.3 Å². The number of halogens is 1. The molecule has 0 aromatic heterocycles. The molecule has 2 fully saturated rings. The second-order valence-corrected chi connectivity index (χ2v) is 7.34. The fraction of sp³-hybridized carbons (Fsp3) is 0.632. The molecule has 1 aromatic rings. The molecule has 3 N–H and O–H groups in total. The number of aliphatic hydroxyl groups is 1. The van der Waals surface area contributed by atoms with Gasteiger partial charge in [-0.15, -0.1) is 0 Å². The molecule has 1 saturated heterocycles. The van der Waals surface area contributed by atoms with Crippen LogP contribution in [0.5, 0.6) is 0 Å². The van der Waals surface area contributed by atoms with Gasteiger partial charge in [-0.25, -0.2) is 4.39 Å². The molecule has 4 nitrogen and oxygen atoms in total. The van der Waals surface area contributed by atoms with Crippen molar-refractivity contribution in [2.75, 3.05) is 13.1 Å². The van der Waals surface area contributed by atoms with E-state index in [1.807, 2.05) is 4.90 Å². The average molecular weight is 334 g/mol. The molecule has 3 rings (SSSR count). The number of hydrogen-bond acceptors (Lipinski definition) is 3. The third kappa shape index (κ3) is 3.62. The molecule has 0 spiro atoms. The van der Waals surface area contributed by atoms with Crippen LogP contribution in [0.3, 0.4) is 0 Å². The molecule has 1 aliphatic carbocycles. The van der Waals surface area contributed by atoms with Gasteiger partial charge in [-0.3, -0.25) is 4.79 Å². The maximum atomic E-state index is 13.0. The highest BCUT2D eigenvalue weighted by atomic mass is 19.1. The zero-order valence-corrected chi connectivity index (χ0v) is 14.1. The predicted octanol–water partition coefficient (Wildman–Crippen LogP) is 2.76. The Balaban J connectivity index is 1.57. The fourth-order valence-electron chi connectivity index (χ4n) is 4.06. The Morgan fingerprint density at radius 1 is 1.17 bits per heavy atom. The molecular formula is C19H27FN2O2. The molecule has 1 unspecified atom stereocenters. The van der Waals surface area contributed by atoms with Gasteiger partial charge >= 0.3 is 0 Å². The molecule has 0 bridgehead atoms. The van der Waals surface area contributed by atoms with E-state index in [2.05, 4.69) is 0 Å². The number of benzene rings is 1. The zero-order valence-electron chi connectivity index (χ0n) is 14.1. The first-order valence-corrected chi connectivity index (χ1v) is 9.01. The highest BCUT2D eigenvalue weighted by Gasteiger charge is 2.40. The zero-order chi connectivity index (χ0) is 17.2. The molecule has 1 amide bonds. The molecule has 24 heavy (non-hydrogen) atoms. The van der Waals surface area contributed by atoms with E-state index in [1.165, 1.54) is 12.1 Å². The number of carbonyl (C=O) groups excluding carboxylic acids is 1. The number of carbonyl (C=O) groups is 1. The van der Waals surface area contributed by atoms with E-state index in [0.29, 0.717) is 13.1 Å². The Hall–Kier alpha value is -1.46. The number of nitrogens with two attached hydrogens (primary N) is 1. The van der Waals surface area contributed by atoms with Crippen molar-refractivity contribution in [1.82, 2.24) is 4.90 Å². The Morgan fingerprint density at radius 2 is 1.75 bits per heavy atom.